The standard InChI is InChI=1S/C16H36N2O2/c1-5-8-9-10-16(4,15-17)18(11-13-19-6-2)12-14-20-7-3/h5-15,17H2,1-4H3. The van der Waals surface area contributed by atoms with E-state index in [1.165, 1.54) is 19.3 Å². The SMILES string of the molecule is CCCCCC(C)(CN)N(CCOCC)CCOCC. The van der Waals surface area contributed by atoms with Crippen LogP contribution in [0.3, 0.4) is 0 Å². The summed E-state index contributed by atoms with van der Waals surface area (Å²) in [6.45, 7) is 14.2. The van der Waals surface area contributed by atoms with E-state index in [4.69, 9.17) is 15.2 Å². The van der Waals surface area contributed by atoms with E-state index >= 15 is 0 Å². The average molecular weight is 288 g/mol. The third-order valence-corrected chi connectivity index (χ3v) is 3.94. The molecule has 0 aliphatic carbocycles. The molecule has 0 saturated carbocycles. The number of nitrogens with zero attached hydrogens (tertiary/aromatic N) is 1. The van der Waals surface area contributed by atoms with Gasteiger partial charge in [0.05, 0.1) is 13.2 Å². The number of hydrogen-bond donors (Lipinski definition) is 1. The maximum atomic E-state index is 6.08. The summed E-state index contributed by atoms with van der Waals surface area (Å²) in [5.74, 6) is 0. The Morgan fingerprint density at radius 1 is 0.950 bits per heavy atom. The van der Waals surface area contributed by atoms with Crippen molar-refractivity contribution in [3.8, 4) is 0 Å². The van der Waals surface area contributed by atoms with Gasteiger partial charge >= 0.3 is 0 Å². The average Bonchev–Trinajstić information content (AvgIpc) is 2.46. The van der Waals surface area contributed by atoms with Gasteiger partial charge in [-0.05, 0) is 27.2 Å². The Morgan fingerprint density at radius 3 is 1.90 bits per heavy atom. The smallest absolute Gasteiger partial charge is 0.0593 e. The van der Waals surface area contributed by atoms with Crippen LogP contribution in [0.4, 0.5) is 0 Å². The van der Waals surface area contributed by atoms with Gasteiger partial charge in [-0.2, -0.15) is 0 Å². The third-order valence-electron chi connectivity index (χ3n) is 3.94. The van der Waals surface area contributed by atoms with E-state index in [1.807, 2.05) is 13.8 Å². The van der Waals surface area contributed by atoms with Gasteiger partial charge in [-0.1, -0.05) is 26.2 Å². The molecule has 4 heteroatoms. The molecule has 122 valence electrons. The van der Waals surface area contributed by atoms with Crippen molar-refractivity contribution in [3.63, 3.8) is 0 Å². The summed E-state index contributed by atoms with van der Waals surface area (Å²) in [4.78, 5) is 2.45. The van der Waals surface area contributed by atoms with Crippen molar-refractivity contribution in [2.24, 2.45) is 5.73 Å². The Balaban J connectivity index is 4.46. The van der Waals surface area contributed by atoms with E-state index in [2.05, 4.69) is 18.7 Å². The molecule has 0 spiro atoms. The lowest BCUT2D eigenvalue weighted by atomic mass is 9.92. The fourth-order valence-corrected chi connectivity index (χ4v) is 2.43. The van der Waals surface area contributed by atoms with Crippen molar-refractivity contribution in [1.82, 2.24) is 4.90 Å². The first-order chi connectivity index (χ1) is 9.64. The number of rotatable bonds is 14. The lowest BCUT2D eigenvalue weighted by molar-refractivity contribution is 0.0253. The van der Waals surface area contributed by atoms with Crippen LogP contribution < -0.4 is 5.73 Å². The number of hydrogen-bond acceptors (Lipinski definition) is 4. The van der Waals surface area contributed by atoms with Crippen molar-refractivity contribution in [2.75, 3.05) is 46.1 Å². The van der Waals surface area contributed by atoms with Gasteiger partial charge in [0.2, 0.25) is 0 Å². The predicted octanol–water partition coefficient (Wildman–Crippen LogP) is 2.66. The van der Waals surface area contributed by atoms with Crippen molar-refractivity contribution in [3.05, 3.63) is 0 Å². The molecule has 1 unspecified atom stereocenters. The Morgan fingerprint density at radius 2 is 1.50 bits per heavy atom. The summed E-state index contributed by atoms with van der Waals surface area (Å²) in [5, 5.41) is 0. The molecule has 4 nitrogen and oxygen atoms in total. The van der Waals surface area contributed by atoms with E-state index < -0.39 is 0 Å². The Kier molecular flexibility index (Phi) is 12.5. The summed E-state index contributed by atoms with van der Waals surface area (Å²) in [6.07, 6.45) is 4.92. The molecule has 2 N–H and O–H groups in total. The van der Waals surface area contributed by atoms with E-state index in [1.54, 1.807) is 0 Å². The second-order valence-corrected chi connectivity index (χ2v) is 5.54. The minimum atomic E-state index is 0.0589. The number of nitrogens with two attached hydrogens (primary N) is 1. The van der Waals surface area contributed by atoms with Crippen LogP contribution in [-0.2, 0) is 9.47 Å². The molecule has 0 rings (SSSR count). The quantitative estimate of drug-likeness (QED) is 0.499. The van der Waals surface area contributed by atoms with Gasteiger partial charge < -0.3 is 15.2 Å². The molecule has 0 bridgehead atoms. The van der Waals surface area contributed by atoms with Crippen LogP contribution in [0, 0.1) is 0 Å². The zero-order valence-corrected chi connectivity index (χ0v) is 14.1. The van der Waals surface area contributed by atoms with E-state index in [9.17, 15) is 0 Å². The van der Waals surface area contributed by atoms with Crippen LogP contribution in [0.5, 0.6) is 0 Å². The molecule has 0 amide bonds. The molecule has 1 atom stereocenters. The molecule has 0 fully saturated rings. The van der Waals surface area contributed by atoms with Crippen LogP contribution in [0.25, 0.3) is 0 Å². The van der Waals surface area contributed by atoms with Crippen LogP contribution in [0.2, 0.25) is 0 Å². The van der Waals surface area contributed by atoms with Crippen molar-refractivity contribution in [1.29, 1.82) is 0 Å². The van der Waals surface area contributed by atoms with Gasteiger partial charge in [-0.3, -0.25) is 4.90 Å². The highest BCUT2D eigenvalue weighted by molar-refractivity contribution is 4.87. The summed E-state index contributed by atoms with van der Waals surface area (Å²) in [5.41, 5.74) is 6.13. The topological polar surface area (TPSA) is 47.7 Å². The maximum Gasteiger partial charge on any atom is 0.0593 e. The summed E-state index contributed by atoms with van der Waals surface area (Å²) >= 11 is 0. The molecule has 0 aromatic rings. The zero-order chi connectivity index (χ0) is 15.3. The first-order valence-corrected chi connectivity index (χ1v) is 8.25. The van der Waals surface area contributed by atoms with Crippen LogP contribution >= 0.6 is 0 Å². The molecule has 0 radical (unpaired) electrons. The second kappa shape index (κ2) is 12.6. The fourth-order valence-electron chi connectivity index (χ4n) is 2.43. The maximum absolute atomic E-state index is 6.08. The van der Waals surface area contributed by atoms with E-state index in [0.29, 0.717) is 6.54 Å². The van der Waals surface area contributed by atoms with Gasteiger partial charge in [-0.15, -0.1) is 0 Å². The normalized spacial score (nSPS) is 14.7. The first kappa shape index (κ1) is 19.8. The van der Waals surface area contributed by atoms with Crippen molar-refractivity contribution in [2.45, 2.75) is 58.9 Å². The molecule has 0 heterocycles. The highest BCUT2D eigenvalue weighted by Crippen LogP contribution is 2.21. The van der Waals surface area contributed by atoms with Gasteiger partial charge in [0.25, 0.3) is 0 Å². The Labute approximate surface area is 126 Å². The van der Waals surface area contributed by atoms with Crippen molar-refractivity contribution < 1.29 is 9.47 Å². The molecule has 0 saturated heterocycles. The van der Waals surface area contributed by atoms with Gasteiger partial charge in [0.15, 0.2) is 0 Å². The Bertz CT molecular complexity index is 205. The van der Waals surface area contributed by atoms with E-state index in [0.717, 1.165) is 45.9 Å². The summed E-state index contributed by atoms with van der Waals surface area (Å²) < 4.78 is 11.0. The van der Waals surface area contributed by atoms with Gasteiger partial charge in [0, 0.05) is 38.4 Å². The summed E-state index contributed by atoms with van der Waals surface area (Å²) in [6, 6.07) is 0. The highest BCUT2D eigenvalue weighted by Gasteiger charge is 2.29. The minimum absolute atomic E-state index is 0.0589. The molecular formula is C16H36N2O2. The number of unbranched alkanes of at least 4 members (excludes halogenated alkanes) is 2. The largest absolute Gasteiger partial charge is 0.380 e. The number of ether oxygens (including phenoxy) is 2. The predicted molar refractivity (Wildman–Crippen MR) is 86.2 cm³/mol. The van der Waals surface area contributed by atoms with Gasteiger partial charge in [0.1, 0.15) is 0 Å². The minimum Gasteiger partial charge on any atom is -0.380 e. The van der Waals surface area contributed by atoms with Crippen molar-refractivity contribution >= 4 is 0 Å². The van der Waals surface area contributed by atoms with Crippen LogP contribution in [-0.4, -0.2) is 56.5 Å². The molecular weight excluding hydrogens is 252 g/mol. The Hall–Kier alpha value is -0.160. The first-order valence-electron chi connectivity index (χ1n) is 8.25. The summed E-state index contributed by atoms with van der Waals surface area (Å²) in [7, 11) is 0. The molecule has 0 aromatic heterocycles. The van der Waals surface area contributed by atoms with Crippen LogP contribution in [0.1, 0.15) is 53.4 Å². The van der Waals surface area contributed by atoms with Gasteiger partial charge in [-0.25, -0.2) is 0 Å². The van der Waals surface area contributed by atoms with Crippen LogP contribution in [0.15, 0.2) is 0 Å². The lowest BCUT2D eigenvalue weighted by Crippen LogP contribution is -2.53. The second-order valence-electron chi connectivity index (χ2n) is 5.54. The molecule has 20 heavy (non-hydrogen) atoms. The third kappa shape index (κ3) is 8.20. The molecule has 0 aliphatic rings. The lowest BCUT2D eigenvalue weighted by Gasteiger charge is -2.41. The molecule has 0 aromatic carbocycles. The highest BCUT2D eigenvalue weighted by atomic mass is 16.5. The zero-order valence-electron chi connectivity index (χ0n) is 14.1. The molecule has 0 aliphatic heterocycles. The monoisotopic (exact) mass is 288 g/mol. The fraction of sp³-hybridized carbons (Fsp3) is 1.00. The van der Waals surface area contributed by atoms with E-state index in [-0.39, 0.29) is 5.54 Å².